The van der Waals surface area contributed by atoms with Gasteiger partial charge >= 0.3 is 11.9 Å². The quantitative estimate of drug-likeness (QED) is 0.385. The van der Waals surface area contributed by atoms with E-state index in [1.54, 1.807) is 30.8 Å². The predicted octanol–water partition coefficient (Wildman–Crippen LogP) is 5.73. The van der Waals surface area contributed by atoms with E-state index >= 15 is 0 Å². The number of halogens is 1. The van der Waals surface area contributed by atoms with Crippen LogP contribution in [0.1, 0.15) is 67.7 Å². The van der Waals surface area contributed by atoms with E-state index in [0.717, 1.165) is 35.5 Å². The van der Waals surface area contributed by atoms with Crippen LogP contribution < -0.4 is 5.73 Å². The molecule has 0 bridgehead atoms. The molecule has 4 N–H and O–H groups in total. The van der Waals surface area contributed by atoms with Gasteiger partial charge in [-0.2, -0.15) is 0 Å². The molecule has 42 heavy (non-hydrogen) atoms. The Morgan fingerprint density at radius 3 is 2.62 bits per heavy atom. The molecule has 4 aliphatic rings. The topological polar surface area (TPSA) is 135 Å². The van der Waals surface area contributed by atoms with Crippen LogP contribution in [0.25, 0.3) is 0 Å². The van der Waals surface area contributed by atoms with E-state index in [1.165, 1.54) is 17.7 Å². The number of carboxylic acids is 1. The highest BCUT2D eigenvalue weighted by molar-refractivity contribution is 7.11. The lowest BCUT2D eigenvalue weighted by Gasteiger charge is -2.60. The van der Waals surface area contributed by atoms with Crippen LogP contribution in [0, 0.1) is 41.3 Å². The first kappa shape index (κ1) is 28.7. The Morgan fingerprint density at radius 1 is 1.24 bits per heavy atom. The summed E-state index contributed by atoms with van der Waals surface area (Å²) in [5.41, 5.74) is 8.50. The van der Waals surface area contributed by atoms with Crippen molar-refractivity contribution in [3.8, 4) is 0 Å². The van der Waals surface area contributed by atoms with Crippen molar-refractivity contribution in [1.82, 2.24) is 4.98 Å². The number of aliphatic carboxylic acids is 1. The third kappa shape index (κ3) is 4.17. The number of thiazole rings is 1. The van der Waals surface area contributed by atoms with Crippen LogP contribution in [0.15, 0.2) is 58.2 Å². The molecule has 3 fully saturated rings. The molecule has 7 atom stereocenters. The summed E-state index contributed by atoms with van der Waals surface area (Å²) in [6, 6.07) is 6.01. The fourth-order valence-electron chi connectivity index (χ4n) is 8.84. The summed E-state index contributed by atoms with van der Waals surface area (Å²) in [6.45, 7) is 5.76. The Bertz CT molecular complexity index is 1530. The maximum absolute atomic E-state index is 13.5. The van der Waals surface area contributed by atoms with Crippen LogP contribution in [0.2, 0.25) is 0 Å². The molecule has 0 saturated heterocycles. The molecule has 222 valence electrons. The molecule has 2 aromatic rings. The number of hydrogen-bond acceptors (Lipinski definition) is 8. The number of rotatable bonds is 4. The molecule has 6 rings (SSSR count). The average molecular weight is 594 g/mol. The van der Waals surface area contributed by atoms with Gasteiger partial charge in [-0.05, 0) is 111 Å². The lowest BCUT2D eigenvalue weighted by atomic mass is 9.45. The number of aryl methyl sites for hydroxylation is 1. The van der Waals surface area contributed by atoms with Gasteiger partial charge in [0.25, 0.3) is 0 Å². The van der Waals surface area contributed by atoms with Gasteiger partial charge in [-0.25, -0.2) is 24.0 Å². The first-order valence-corrected chi connectivity index (χ1v) is 15.3. The van der Waals surface area contributed by atoms with E-state index in [2.05, 4.69) is 18.0 Å². The Morgan fingerprint density at radius 2 is 1.98 bits per heavy atom. The second-order valence-electron chi connectivity index (χ2n) is 12.8. The molecule has 8 nitrogen and oxygen atoms in total. The van der Waals surface area contributed by atoms with E-state index in [1.807, 2.05) is 6.92 Å². The third-order valence-corrected chi connectivity index (χ3v) is 11.7. The Kier molecular flexibility index (Phi) is 6.92. The van der Waals surface area contributed by atoms with Gasteiger partial charge in [-0.3, -0.25) is 0 Å². The largest absolute Gasteiger partial charge is 0.478 e. The number of aliphatic hydroxyl groups is 1. The van der Waals surface area contributed by atoms with Crippen molar-refractivity contribution in [3.05, 3.63) is 69.6 Å². The number of benzene rings is 1. The van der Waals surface area contributed by atoms with E-state index in [9.17, 15) is 24.2 Å². The molecular formula is C32H36FN3O5S. The van der Waals surface area contributed by atoms with Gasteiger partial charge < -0.3 is 20.7 Å². The molecule has 0 radical (unpaired) electrons. The van der Waals surface area contributed by atoms with Crippen molar-refractivity contribution in [3.63, 3.8) is 0 Å². The first-order valence-electron chi connectivity index (χ1n) is 14.4. The van der Waals surface area contributed by atoms with Crippen LogP contribution in [-0.4, -0.2) is 44.6 Å². The maximum atomic E-state index is 13.5. The first-order chi connectivity index (χ1) is 19.9. The van der Waals surface area contributed by atoms with Crippen LogP contribution in [0.3, 0.4) is 0 Å². The summed E-state index contributed by atoms with van der Waals surface area (Å²) in [5, 5.41) is 22.5. The molecule has 4 aliphatic carbocycles. The minimum Gasteiger partial charge on any atom is -0.478 e. The van der Waals surface area contributed by atoms with Gasteiger partial charge in [0.2, 0.25) is 5.60 Å². The standard InChI is InChI=1S/C32H36FN3O5S/c1-17-27(42-16-35-17)28(38)41-32(29(39)40)11-10-23-22-9-4-19-12-24(36-21-7-5-20(33)6-8-21)18(15-34)13-30(19,2)26(22)25(37)14-31(23,32)3/h5-8,12,15-16,22-23,25-26,37H,4,9-11,13-14,34H2,1-3H3,(H,39,40)/t22-,23?,25?,26?,30-,31-,32-/m0/s1. The SMILES string of the molecule is Cc1ncsc1C(=O)O[C@]1(C(=O)O)CCC2[C@@H]3CCC4=CC(=Nc5ccc(F)cc5)C(=CN)C[C@]4(C)C3C(O)C[C@@]21C. The predicted molar refractivity (Wildman–Crippen MR) is 157 cm³/mol. The summed E-state index contributed by atoms with van der Waals surface area (Å²) in [5.74, 6) is -2.29. The van der Waals surface area contributed by atoms with Gasteiger partial charge in [-0.15, -0.1) is 11.3 Å². The van der Waals surface area contributed by atoms with Crippen LogP contribution in [-0.2, 0) is 9.53 Å². The number of nitrogens with zero attached hydrogens (tertiary/aromatic N) is 2. The smallest absolute Gasteiger partial charge is 0.351 e. The highest BCUT2D eigenvalue weighted by Crippen LogP contribution is 2.68. The number of carbonyl (C=O) groups is 2. The van der Waals surface area contributed by atoms with Gasteiger partial charge in [0.1, 0.15) is 10.7 Å². The van der Waals surface area contributed by atoms with Crippen LogP contribution in [0.5, 0.6) is 0 Å². The normalized spacial score (nSPS) is 37.5. The summed E-state index contributed by atoms with van der Waals surface area (Å²) >= 11 is 1.14. The van der Waals surface area contributed by atoms with Crippen molar-refractivity contribution < 1.29 is 28.9 Å². The van der Waals surface area contributed by atoms with Gasteiger partial charge in [0, 0.05) is 5.41 Å². The fourth-order valence-corrected chi connectivity index (χ4v) is 9.52. The van der Waals surface area contributed by atoms with Crippen molar-refractivity contribution in [2.75, 3.05) is 0 Å². The number of fused-ring (bicyclic) bond motifs is 5. The molecule has 3 unspecified atom stereocenters. The van der Waals surface area contributed by atoms with E-state index in [-0.39, 0.29) is 36.4 Å². The van der Waals surface area contributed by atoms with Crippen molar-refractivity contribution in [1.29, 1.82) is 0 Å². The summed E-state index contributed by atoms with van der Waals surface area (Å²) in [7, 11) is 0. The van der Waals surface area contributed by atoms with Crippen molar-refractivity contribution in [2.45, 2.75) is 71.0 Å². The average Bonchev–Trinajstić information content (AvgIpc) is 3.50. The molecule has 0 aliphatic heterocycles. The molecule has 1 aromatic carbocycles. The Hall–Kier alpha value is -3.37. The molecule has 0 spiro atoms. The molecule has 0 amide bonds. The monoisotopic (exact) mass is 593 g/mol. The van der Waals surface area contributed by atoms with E-state index < -0.39 is 34.5 Å². The van der Waals surface area contributed by atoms with Crippen molar-refractivity contribution >= 4 is 34.7 Å². The van der Waals surface area contributed by atoms with Gasteiger partial charge in [-0.1, -0.05) is 19.4 Å². The molecule has 1 heterocycles. The zero-order valence-electron chi connectivity index (χ0n) is 24.0. The zero-order chi connectivity index (χ0) is 30.0. The Balaban J connectivity index is 1.34. The zero-order valence-corrected chi connectivity index (χ0v) is 24.8. The van der Waals surface area contributed by atoms with Crippen molar-refractivity contribution in [2.24, 2.45) is 39.3 Å². The maximum Gasteiger partial charge on any atom is 0.351 e. The Labute approximate surface area is 248 Å². The second kappa shape index (κ2) is 10.1. The minimum atomic E-state index is -1.74. The van der Waals surface area contributed by atoms with Gasteiger partial charge in [0.15, 0.2) is 0 Å². The summed E-state index contributed by atoms with van der Waals surface area (Å²) < 4.78 is 19.4. The van der Waals surface area contributed by atoms with E-state index in [0.29, 0.717) is 29.1 Å². The van der Waals surface area contributed by atoms with Crippen LogP contribution in [0.4, 0.5) is 10.1 Å². The lowest BCUT2D eigenvalue weighted by molar-refractivity contribution is -0.194. The van der Waals surface area contributed by atoms with Crippen LogP contribution >= 0.6 is 11.3 Å². The number of hydrogen-bond donors (Lipinski definition) is 3. The molecule has 10 heteroatoms. The van der Waals surface area contributed by atoms with Gasteiger partial charge in [0.05, 0.1) is 28.7 Å². The van der Waals surface area contributed by atoms with E-state index in [4.69, 9.17) is 15.5 Å². The highest BCUT2D eigenvalue weighted by atomic mass is 32.1. The number of carboxylic acid groups (broad SMARTS) is 1. The minimum absolute atomic E-state index is 0.0422. The number of aliphatic imine (C=N–C) groups is 1. The fraction of sp³-hybridized carbons (Fsp3) is 0.500. The number of aliphatic hydroxyl groups excluding tert-OH is 1. The number of allylic oxidation sites excluding steroid dienone is 3. The summed E-state index contributed by atoms with van der Waals surface area (Å²) in [4.78, 5) is 35.4. The number of nitrogens with two attached hydrogens (primary N) is 1. The molecule has 1 aromatic heterocycles. The highest BCUT2D eigenvalue weighted by Gasteiger charge is 2.71. The second-order valence-corrected chi connectivity index (χ2v) is 13.6. The summed E-state index contributed by atoms with van der Waals surface area (Å²) in [6.07, 6.45) is 5.97. The molecule has 3 saturated carbocycles. The molecular weight excluding hydrogens is 557 g/mol. The number of carbonyl (C=O) groups excluding carboxylic acids is 1. The lowest BCUT2D eigenvalue weighted by Crippen LogP contribution is -2.62. The third-order valence-electron chi connectivity index (χ3n) is 10.8. The number of ether oxygens (including phenoxy) is 1. The number of aromatic nitrogens is 1. The number of esters is 1.